The molecule has 1 fully saturated rings. The third-order valence-corrected chi connectivity index (χ3v) is 5.98. The molecular formula is C12H27N3O2S. The molecule has 0 radical (unpaired) electrons. The predicted octanol–water partition coefficient (Wildman–Crippen LogP) is 1.02. The van der Waals surface area contributed by atoms with E-state index >= 15 is 0 Å². The summed E-state index contributed by atoms with van der Waals surface area (Å²) < 4.78 is 28.5. The Morgan fingerprint density at radius 1 is 1.44 bits per heavy atom. The second kappa shape index (κ2) is 5.86. The van der Waals surface area contributed by atoms with Crippen LogP contribution in [0.2, 0.25) is 0 Å². The highest BCUT2D eigenvalue weighted by Gasteiger charge is 2.39. The summed E-state index contributed by atoms with van der Waals surface area (Å²) in [5.74, 6) is 0.438. The molecule has 1 saturated heterocycles. The lowest BCUT2D eigenvalue weighted by Gasteiger charge is -2.41. The van der Waals surface area contributed by atoms with Crippen molar-refractivity contribution >= 4 is 10.2 Å². The third-order valence-electron chi connectivity index (χ3n) is 3.69. The molecule has 1 unspecified atom stereocenters. The molecule has 0 aliphatic carbocycles. The van der Waals surface area contributed by atoms with Crippen LogP contribution in [0.15, 0.2) is 0 Å². The van der Waals surface area contributed by atoms with Gasteiger partial charge in [0.05, 0.1) is 0 Å². The van der Waals surface area contributed by atoms with Crippen LogP contribution in [0.3, 0.4) is 0 Å². The Balaban J connectivity index is 2.96. The first-order chi connectivity index (χ1) is 8.25. The van der Waals surface area contributed by atoms with Gasteiger partial charge in [-0.25, -0.2) is 0 Å². The number of piperidine rings is 1. The minimum absolute atomic E-state index is 0.323. The van der Waals surface area contributed by atoms with Gasteiger partial charge in [-0.15, -0.1) is 0 Å². The minimum Gasteiger partial charge on any atom is -0.329 e. The van der Waals surface area contributed by atoms with Gasteiger partial charge in [-0.2, -0.15) is 17.0 Å². The highest BCUT2D eigenvalue weighted by molar-refractivity contribution is 7.86. The van der Waals surface area contributed by atoms with Crippen LogP contribution >= 0.6 is 0 Å². The summed E-state index contributed by atoms with van der Waals surface area (Å²) in [6, 6.07) is 0. The van der Waals surface area contributed by atoms with E-state index in [1.807, 2.05) is 20.8 Å². The van der Waals surface area contributed by atoms with E-state index in [0.717, 1.165) is 12.8 Å². The average Bonchev–Trinajstić information content (AvgIpc) is 2.29. The zero-order valence-corrected chi connectivity index (χ0v) is 12.8. The summed E-state index contributed by atoms with van der Waals surface area (Å²) in [5, 5.41) is 0. The van der Waals surface area contributed by atoms with Crippen LogP contribution in [-0.4, -0.2) is 48.7 Å². The lowest BCUT2D eigenvalue weighted by molar-refractivity contribution is 0.203. The minimum atomic E-state index is -3.39. The lowest BCUT2D eigenvalue weighted by Crippen LogP contribution is -2.57. The first-order valence-electron chi connectivity index (χ1n) is 6.73. The Kier molecular flexibility index (Phi) is 5.17. The summed E-state index contributed by atoms with van der Waals surface area (Å²) in [6.07, 6.45) is 2.05. The second-order valence-electron chi connectivity index (χ2n) is 5.79. The van der Waals surface area contributed by atoms with E-state index in [4.69, 9.17) is 5.73 Å². The van der Waals surface area contributed by atoms with Crippen molar-refractivity contribution in [3.63, 3.8) is 0 Å². The molecule has 5 nitrogen and oxygen atoms in total. The van der Waals surface area contributed by atoms with Crippen molar-refractivity contribution < 1.29 is 8.42 Å². The van der Waals surface area contributed by atoms with E-state index in [0.29, 0.717) is 32.1 Å². The maximum Gasteiger partial charge on any atom is 0.282 e. The fourth-order valence-corrected chi connectivity index (χ4v) is 4.61. The maximum atomic E-state index is 12.7. The summed E-state index contributed by atoms with van der Waals surface area (Å²) in [4.78, 5) is 0. The second-order valence-corrected chi connectivity index (χ2v) is 7.65. The van der Waals surface area contributed by atoms with Gasteiger partial charge in [0.2, 0.25) is 0 Å². The molecule has 1 aliphatic heterocycles. The number of nitrogens with zero attached hydrogens (tertiary/aromatic N) is 2. The van der Waals surface area contributed by atoms with Gasteiger partial charge in [-0.05, 0) is 32.6 Å². The van der Waals surface area contributed by atoms with Gasteiger partial charge in [0.25, 0.3) is 10.2 Å². The van der Waals surface area contributed by atoms with Crippen LogP contribution in [-0.2, 0) is 10.2 Å². The van der Waals surface area contributed by atoms with E-state index in [-0.39, 0.29) is 0 Å². The molecule has 6 heteroatoms. The predicted molar refractivity (Wildman–Crippen MR) is 74.4 cm³/mol. The van der Waals surface area contributed by atoms with Crippen LogP contribution in [0.1, 0.15) is 40.5 Å². The molecule has 1 aliphatic rings. The number of hydrogen-bond donors (Lipinski definition) is 1. The molecule has 1 atom stereocenters. The lowest BCUT2D eigenvalue weighted by atomic mass is 10.0. The Morgan fingerprint density at radius 2 is 2.06 bits per heavy atom. The molecule has 108 valence electrons. The van der Waals surface area contributed by atoms with Crippen molar-refractivity contribution in [2.24, 2.45) is 11.7 Å². The smallest absolute Gasteiger partial charge is 0.282 e. The molecule has 0 spiro atoms. The molecule has 0 aromatic heterocycles. The van der Waals surface area contributed by atoms with Crippen molar-refractivity contribution in [2.75, 3.05) is 26.2 Å². The standard InChI is InChI=1S/C12H27N3O2S/c1-5-15(12(3,4)10-13)18(16,17)14-8-6-7-11(2)9-14/h11H,5-10,13H2,1-4H3. The van der Waals surface area contributed by atoms with E-state index in [1.54, 1.807) is 4.31 Å². The van der Waals surface area contributed by atoms with Crippen LogP contribution in [0.25, 0.3) is 0 Å². The fourth-order valence-electron chi connectivity index (χ4n) is 2.50. The van der Waals surface area contributed by atoms with Gasteiger partial charge in [-0.1, -0.05) is 13.8 Å². The van der Waals surface area contributed by atoms with Gasteiger partial charge < -0.3 is 5.73 Å². The van der Waals surface area contributed by atoms with Crippen molar-refractivity contribution in [3.8, 4) is 0 Å². The Labute approximate surface area is 112 Å². The zero-order valence-electron chi connectivity index (χ0n) is 12.0. The van der Waals surface area contributed by atoms with Gasteiger partial charge in [0, 0.05) is 31.7 Å². The van der Waals surface area contributed by atoms with Crippen molar-refractivity contribution in [1.82, 2.24) is 8.61 Å². The Bertz CT molecular complexity index is 368. The highest BCUT2D eigenvalue weighted by Crippen LogP contribution is 2.25. The summed E-state index contributed by atoms with van der Waals surface area (Å²) in [6.45, 7) is 9.75. The molecule has 18 heavy (non-hydrogen) atoms. The average molecular weight is 277 g/mol. The van der Waals surface area contributed by atoms with Gasteiger partial charge in [0.1, 0.15) is 0 Å². The van der Waals surface area contributed by atoms with Gasteiger partial charge >= 0.3 is 0 Å². The summed E-state index contributed by atoms with van der Waals surface area (Å²) in [5.41, 5.74) is 5.18. The summed E-state index contributed by atoms with van der Waals surface area (Å²) >= 11 is 0. The number of hydrogen-bond acceptors (Lipinski definition) is 3. The molecule has 0 amide bonds. The normalized spacial score (nSPS) is 23.6. The SMILES string of the molecule is CCN(C(C)(C)CN)S(=O)(=O)N1CCCC(C)C1. The Morgan fingerprint density at radius 3 is 2.50 bits per heavy atom. The number of nitrogens with two attached hydrogens (primary N) is 1. The first kappa shape index (κ1) is 15.9. The summed E-state index contributed by atoms with van der Waals surface area (Å²) in [7, 11) is -3.39. The van der Waals surface area contributed by atoms with Crippen LogP contribution in [0.4, 0.5) is 0 Å². The third kappa shape index (κ3) is 3.23. The van der Waals surface area contributed by atoms with Crippen LogP contribution in [0, 0.1) is 5.92 Å². The van der Waals surface area contributed by atoms with E-state index in [9.17, 15) is 8.42 Å². The van der Waals surface area contributed by atoms with Gasteiger partial charge in [-0.3, -0.25) is 0 Å². The molecule has 0 aromatic carbocycles. The molecule has 2 N–H and O–H groups in total. The molecule has 0 aromatic rings. The van der Waals surface area contributed by atoms with Crippen molar-refractivity contribution in [1.29, 1.82) is 0 Å². The van der Waals surface area contributed by atoms with Crippen molar-refractivity contribution in [3.05, 3.63) is 0 Å². The van der Waals surface area contributed by atoms with E-state index in [1.165, 1.54) is 4.31 Å². The largest absolute Gasteiger partial charge is 0.329 e. The molecule has 0 bridgehead atoms. The zero-order chi connectivity index (χ0) is 14.0. The fraction of sp³-hybridized carbons (Fsp3) is 1.00. The molecule has 1 heterocycles. The van der Waals surface area contributed by atoms with Gasteiger partial charge in [0.15, 0.2) is 0 Å². The number of rotatable bonds is 5. The van der Waals surface area contributed by atoms with E-state index in [2.05, 4.69) is 6.92 Å². The molecule has 1 rings (SSSR count). The van der Waals surface area contributed by atoms with Crippen molar-refractivity contribution in [2.45, 2.75) is 46.1 Å². The van der Waals surface area contributed by atoms with Crippen LogP contribution < -0.4 is 5.73 Å². The van der Waals surface area contributed by atoms with Crippen LogP contribution in [0.5, 0.6) is 0 Å². The molecule has 0 saturated carbocycles. The maximum absolute atomic E-state index is 12.7. The monoisotopic (exact) mass is 277 g/mol. The highest BCUT2D eigenvalue weighted by atomic mass is 32.2. The molecular weight excluding hydrogens is 250 g/mol. The number of likely N-dealkylation sites (N-methyl/N-ethyl adjacent to an activating group) is 1. The van der Waals surface area contributed by atoms with E-state index < -0.39 is 15.7 Å². The first-order valence-corrected chi connectivity index (χ1v) is 8.13. The quantitative estimate of drug-likeness (QED) is 0.816. The topological polar surface area (TPSA) is 66.6 Å². The Hall–Kier alpha value is -0.170.